The molecule has 4 aromatic carbocycles. The molecule has 0 radical (unpaired) electrons. The van der Waals surface area contributed by atoms with Gasteiger partial charge in [0.15, 0.2) is 0 Å². The van der Waals surface area contributed by atoms with Crippen molar-refractivity contribution in [1.82, 2.24) is 0 Å². The van der Waals surface area contributed by atoms with E-state index in [0.29, 0.717) is 44.8 Å². The van der Waals surface area contributed by atoms with E-state index < -0.39 is 9.71 Å². The van der Waals surface area contributed by atoms with E-state index in [-0.39, 0.29) is 5.91 Å². The summed E-state index contributed by atoms with van der Waals surface area (Å²) in [4.78, 5) is 13.0. The molecule has 184 valence electrons. The van der Waals surface area contributed by atoms with Gasteiger partial charge in [-0.3, -0.25) is 4.79 Å². The third-order valence-electron chi connectivity index (χ3n) is 5.26. The van der Waals surface area contributed by atoms with Crippen molar-refractivity contribution in [1.29, 1.82) is 0 Å². The molecule has 7 nitrogen and oxygen atoms in total. The number of methoxy groups -OCH3 is 2. The monoisotopic (exact) mass is 502 g/mol. The van der Waals surface area contributed by atoms with Crippen LogP contribution in [0.25, 0.3) is 0 Å². The second kappa shape index (κ2) is 10.9. The van der Waals surface area contributed by atoms with Gasteiger partial charge in [-0.1, -0.05) is 6.07 Å². The molecule has 0 aliphatic carbocycles. The maximum absolute atomic E-state index is 13.0. The first-order valence-corrected chi connectivity index (χ1v) is 12.7. The minimum Gasteiger partial charge on any atom is -0.497 e. The van der Waals surface area contributed by atoms with Crippen LogP contribution in [-0.2, 0) is 9.71 Å². The molecule has 4 aromatic rings. The average Bonchev–Trinajstić information content (AvgIpc) is 2.91. The van der Waals surface area contributed by atoms with Crippen molar-refractivity contribution in [2.24, 2.45) is 0 Å². The first-order chi connectivity index (χ1) is 17.4. The van der Waals surface area contributed by atoms with Gasteiger partial charge in [0.05, 0.1) is 23.9 Å². The Balaban J connectivity index is 1.36. The van der Waals surface area contributed by atoms with Gasteiger partial charge in [0.1, 0.15) is 23.0 Å². The fourth-order valence-corrected chi connectivity index (χ4v) is 4.56. The van der Waals surface area contributed by atoms with Crippen LogP contribution in [0.3, 0.4) is 0 Å². The van der Waals surface area contributed by atoms with Gasteiger partial charge in [-0.2, -0.15) is 0 Å². The molecule has 0 aliphatic rings. The third-order valence-corrected chi connectivity index (χ3v) is 6.86. The Bertz CT molecular complexity index is 1430. The first kappa shape index (κ1) is 24.7. The van der Waals surface area contributed by atoms with Crippen molar-refractivity contribution in [3.63, 3.8) is 0 Å². The second-order valence-corrected chi connectivity index (χ2v) is 9.82. The van der Waals surface area contributed by atoms with Crippen LogP contribution in [0.4, 0.5) is 11.4 Å². The van der Waals surface area contributed by atoms with Crippen molar-refractivity contribution in [3.05, 3.63) is 103 Å². The van der Waals surface area contributed by atoms with Crippen molar-refractivity contribution in [2.75, 3.05) is 24.3 Å². The smallest absolute Gasteiger partial charge is 0.255 e. The second-order valence-electron chi connectivity index (χ2n) is 7.79. The van der Waals surface area contributed by atoms with E-state index in [0.717, 1.165) is 0 Å². The normalized spacial score (nSPS) is 12.2. The maximum Gasteiger partial charge on any atom is 0.255 e. The molecule has 0 aliphatic heterocycles. The zero-order valence-corrected chi connectivity index (χ0v) is 20.7. The number of rotatable bonds is 9. The molecule has 1 unspecified atom stereocenters. The molecule has 0 fully saturated rings. The lowest BCUT2D eigenvalue weighted by Gasteiger charge is -2.14. The van der Waals surface area contributed by atoms with E-state index in [1.165, 1.54) is 0 Å². The molecule has 2 N–H and O–H groups in total. The summed E-state index contributed by atoms with van der Waals surface area (Å²) in [5.74, 6) is 6.12. The van der Waals surface area contributed by atoms with Crippen LogP contribution >= 0.6 is 0 Å². The summed E-state index contributed by atoms with van der Waals surface area (Å²) < 4.78 is 32.2. The molecule has 8 heteroatoms. The van der Waals surface area contributed by atoms with E-state index in [1.807, 2.05) is 0 Å². The topological polar surface area (TPSA) is 85.9 Å². The quantitative estimate of drug-likeness (QED) is 0.281. The highest BCUT2D eigenvalue weighted by atomic mass is 32.2. The number of hydrogen-bond acceptors (Lipinski definition) is 5. The number of carbonyl (C=O) groups excluding carboxylic acids is 1. The van der Waals surface area contributed by atoms with Crippen LogP contribution in [-0.4, -0.2) is 30.2 Å². The van der Waals surface area contributed by atoms with Crippen LogP contribution < -0.4 is 24.2 Å². The number of amides is 1. The van der Waals surface area contributed by atoms with Gasteiger partial charge in [-0.25, -0.2) is 4.21 Å². The minimum atomic E-state index is -2.74. The number of anilines is 2. The summed E-state index contributed by atoms with van der Waals surface area (Å²) in [5.41, 5.74) is 1.79. The van der Waals surface area contributed by atoms with Crippen molar-refractivity contribution in [3.8, 4) is 23.0 Å². The van der Waals surface area contributed by atoms with Crippen LogP contribution in [0.2, 0.25) is 0 Å². The van der Waals surface area contributed by atoms with Crippen LogP contribution in [0, 0.1) is 0 Å². The summed E-state index contributed by atoms with van der Waals surface area (Å²) in [6.07, 6.45) is 0. The van der Waals surface area contributed by atoms with Gasteiger partial charge in [0.2, 0.25) is 0 Å². The molecular formula is C28H26N2O5S. The largest absolute Gasteiger partial charge is 0.497 e. The Kier molecular flexibility index (Phi) is 7.46. The SMILES string of the molecule is C=S(=O)(Nc1ccc(Oc2ccc(NC(=O)c3cccc(OC)c3)cc2)cc1)c1ccc(OC)cc1. The third kappa shape index (κ3) is 6.17. The number of carbonyl (C=O) groups is 1. The average molecular weight is 503 g/mol. The predicted molar refractivity (Wildman–Crippen MR) is 144 cm³/mol. The number of hydrogen-bond donors (Lipinski definition) is 2. The Morgan fingerprint density at radius 3 is 1.86 bits per heavy atom. The molecule has 0 saturated carbocycles. The van der Waals surface area contributed by atoms with Gasteiger partial charge in [-0.15, -0.1) is 0 Å². The Labute approximate surface area is 210 Å². The van der Waals surface area contributed by atoms with E-state index in [1.54, 1.807) is 111 Å². The molecule has 0 bridgehead atoms. The maximum atomic E-state index is 13.0. The molecule has 0 aromatic heterocycles. The number of benzene rings is 4. The Morgan fingerprint density at radius 2 is 1.28 bits per heavy atom. The summed E-state index contributed by atoms with van der Waals surface area (Å²) in [7, 11) is 0.398. The van der Waals surface area contributed by atoms with Crippen molar-refractivity contribution < 1.29 is 23.2 Å². The molecule has 0 spiro atoms. The van der Waals surface area contributed by atoms with Crippen molar-refractivity contribution >= 4 is 32.9 Å². The molecule has 1 atom stereocenters. The molecular weight excluding hydrogens is 476 g/mol. The minimum absolute atomic E-state index is 0.234. The summed E-state index contributed by atoms with van der Waals surface area (Å²) >= 11 is 0. The Morgan fingerprint density at radius 1 is 0.722 bits per heavy atom. The lowest BCUT2D eigenvalue weighted by Crippen LogP contribution is -2.12. The number of nitrogens with one attached hydrogen (secondary N) is 2. The fraction of sp³-hybridized carbons (Fsp3) is 0.0714. The Hall–Kier alpha value is -4.43. The van der Waals surface area contributed by atoms with Crippen molar-refractivity contribution in [2.45, 2.75) is 4.90 Å². The number of ether oxygens (including phenoxy) is 3. The molecule has 36 heavy (non-hydrogen) atoms. The van der Waals surface area contributed by atoms with Crippen LogP contribution in [0.15, 0.2) is 102 Å². The lowest BCUT2D eigenvalue weighted by molar-refractivity contribution is 0.102. The molecule has 4 rings (SSSR count). The zero-order chi connectivity index (χ0) is 25.5. The zero-order valence-electron chi connectivity index (χ0n) is 19.9. The molecule has 0 heterocycles. The van der Waals surface area contributed by atoms with E-state index in [2.05, 4.69) is 15.9 Å². The highest BCUT2D eigenvalue weighted by Gasteiger charge is 2.10. The highest BCUT2D eigenvalue weighted by molar-refractivity contribution is 8.01. The van der Waals surface area contributed by atoms with Gasteiger partial charge < -0.3 is 24.2 Å². The standard InChI is InChI=1S/C28H26N2O5S/c1-33-23-15-17-27(18-16-23)36(3,32)30-22-9-13-25(14-10-22)35-24-11-7-21(8-12-24)29-28(31)20-5-4-6-26(19-20)34-2/h4-19H,3H2,1-2H3,(H,29,31)(H,30,32). The van der Waals surface area contributed by atoms with E-state index >= 15 is 0 Å². The van der Waals surface area contributed by atoms with Gasteiger partial charge in [0, 0.05) is 21.8 Å². The highest BCUT2D eigenvalue weighted by Crippen LogP contribution is 2.26. The molecule has 1 amide bonds. The van der Waals surface area contributed by atoms with E-state index in [4.69, 9.17) is 14.2 Å². The van der Waals surface area contributed by atoms with Gasteiger partial charge >= 0.3 is 0 Å². The summed E-state index contributed by atoms with van der Waals surface area (Å²) in [6, 6.07) is 28.0. The van der Waals surface area contributed by atoms with Gasteiger partial charge in [0.25, 0.3) is 5.91 Å². The van der Waals surface area contributed by atoms with Crippen LogP contribution in [0.1, 0.15) is 10.4 Å². The lowest BCUT2D eigenvalue weighted by atomic mass is 10.2. The molecule has 0 saturated heterocycles. The summed E-state index contributed by atoms with van der Waals surface area (Å²) in [5, 5.41) is 2.85. The fourth-order valence-electron chi connectivity index (χ4n) is 3.35. The predicted octanol–water partition coefficient (Wildman–Crippen LogP) is 5.85. The van der Waals surface area contributed by atoms with E-state index in [9.17, 15) is 9.00 Å². The van der Waals surface area contributed by atoms with Crippen LogP contribution in [0.5, 0.6) is 23.0 Å². The first-order valence-electron chi connectivity index (χ1n) is 11.0. The van der Waals surface area contributed by atoms with Gasteiger partial charge in [-0.05, 0) is 96.9 Å². The summed E-state index contributed by atoms with van der Waals surface area (Å²) in [6.45, 7) is 0.